The molecule has 3 aromatic rings. The first kappa shape index (κ1) is 17.2. The van der Waals surface area contributed by atoms with Crippen LogP contribution in [0.25, 0.3) is 10.2 Å². The Kier molecular flexibility index (Phi) is 4.54. The lowest BCUT2D eigenvalue weighted by molar-refractivity contribution is -0.113. The van der Waals surface area contributed by atoms with E-state index in [0.29, 0.717) is 10.8 Å². The van der Waals surface area contributed by atoms with E-state index in [9.17, 15) is 14.0 Å². The largest absolute Gasteiger partial charge is 0.325 e. The molecule has 0 aliphatic heterocycles. The normalized spacial score (nSPS) is 13.2. The van der Waals surface area contributed by atoms with Crippen molar-refractivity contribution in [2.24, 2.45) is 7.05 Å². The van der Waals surface area contributed by atoms with Gasteiger partial charge in [0.2, 0.25) is 5.91 Å². The van der Waals surface area contributed by atoms with Crippen LogP contribution in [0.4, 0.5) is 10.1 Å². The highest BCUT2D eigenvalue weighted by molar-refractivity contribution is 7.99. The fraction of sp³-hybridized carbons (Fsp3) is 0.278. The van der Waals surface area contributed by atoms with Crippen LogP contribution in [-0.2, 0) is 24.7 Å². The van der Waals surface area contributed by atoms with E-state index in [-0.39, 0.29) is 17.2 Å². The first-order valence-corrected chi connectivity index (χ1v) is 10.0. The minimum atomic E-state index is -0.407. The number of aryl methyl sites for hydroxylation is 2. The van der Waals surface area contributed by atoms with Crippen LogP contribution in [0, 0.1) is 5.82 Å². The number of rotatable bonds is 4. The van der Waals surface area contributed by atoms with E-state index in [1.54, 1.807) is 24.5 Å². The van der Waals surface area contributed by atoms with E-state index in [0.717, 1.165) is 35.0 Å². The highest BCUT2D eigenvalue weighted by Crippen LogP contribution is 2.35. The van der Waals surface area contributed by atoms with E-state index < -0.39 is 5.82 Å². The summed E-state index contributed by atoms with van der Waals surface area (Å²) in [6, 6.07) is 5.74. The zero-order valence-corrected chi connectivity index (χ0v) is 15.7. The maximum absolute atomic E-state index is 13.2. The Hall–Kier alpha value is -2.19. The van der Waals surface area contributed by atoms with Crippen molar-refractivity contribution < 1.29 is 9.18 Å². The Bertz CT molecular complexity index is 1070. The SMILES string of the molecule is Cn1c(SCC(=O)Nc2cccc(F)c2)nc2sc3c(c2c1=O)CCC3. The van der Waals surface area contributed by atoms with E-state index in [1.807, 2.05) is 0 Å². The zero-order chi connectivity index (χ0) is 18.3. The second kappa shape index (κ2) is 6.85. The molecule has 134 valence electrons. The van der Waals surface area contributed by atoms with Gasteiger partial charge in [0.1, 0.15) is 10.6 Å². The molecular weight excluding hydrogens is 373 g/mol. The molecule has 0 atom stereocenters. The number of aromatic nitrogens is 2. The monoisotopic (exact) mass is 389 g/mol. The molecule has 0 spiro atoms. The number of nitrogens with zero attached hydrogens (tertiary/aromatic N) is 2. The molecule has 0 saturated carbocycles. The average molecular weight is 389 g/mol. The Labute approximate surface area is 157 Å². The summed E-state index contributed by atoms with van der Waals surface area (Å²) in [4.78, 5) is 31.4. The van der Waals surface area contributed by atoms with Crippen LogP contribution in [0.1, 0.15) is 16.9 Å². The molecule has 1 N–H and O–H groups in total. The number of carbonyl (C=O) groups is 1. The Morgan fingerprint density at radius 1 is 1.42 bits per heavy atom. The number of fused-ring (bicyclic) bond motifs is 3. The topological polar surface area (TPSA) is 64.0 Å². The van der Waals surface area contributed by atoms with E-state index >= 15 is 0 Å². The van der Waals surface area contributed by atoms with Crippen molar-refractivity contribution in [2.75, 3.05) is 11.1 Å². The number of nitrogens with one attached hydrogen (secondary N) is 1. The fourth-order valence-electron chi connectivity index (χ4n) is 3.13. The zero-order valence-electron chi connectivity index (χ0n) is 14.0. The van der Waals surface area contributed by atoms with Crippen molar-refractivity contribution in [1.29, 1.82) is 0 Å². The van der Waals surface area contributed by atoms with Crippen LogP contribution in [0.5, 0.6) is 0 Å². The number of benzene rings is 1. The Morgan fingerprint density at radius 2 is 2.27 bits per heavy atom. The molecule has 26 heavy (non-hydrogen) atoms. The first-order chi connectivity index (χ1) is 12.5. The maximum Gasteiger partial charge on any atom is 0.262 e. The van der Waals surface area contributed by atoms with Gasteiger partial charge in [-0.05, 0) is 43.0 Å². The summed E-state index contributed by atoms with van der Waals surface area (Å²) < 4.78 is 14.7. The van der Waals surface area contributed by atoms with Gasteiger partial charge in [0, 0.05) is 17.6 Å². The molecule has 0 unspecified atom stereocenters. The minimum absolute atomic E-state index is 0.0533. The summed E-state index contributed by atoms with van der Waals surface area (Å²) in [7, 11) is 1.68. The van der Waals surface area contributed by atoms with Gasteiger partial charge < -0.3 is 5.32 Å². The molecule has 4 rings (SSSR count). The highest BCUT2D eigenvalue weighted by atomic mass is 32.2. The molecule has 5 nitrogen and oxygen atoms in total. The van der Waals surface area contributed by atoms with Crippen LogP contribution in [0.15, 0.2) is 34.2 Å². The molecule has 0 bridgehead atoms. The van der Waals surface area contributed by atoms with Crippen LogP contribution in [0.2, 0.25) is 0 Å². The molecular formula is C18H16FN3O2S2. The minimum Gasteiger partial charge on any atom is -0.325 e. The molecule has 0 saturated heterocycles. The number of anilines is 1. The predicted octanol–water partition coefficient (Wildman–Crippen LogP) is 3.35. The van der Waals surface area contributed by atoms with Crippen molar-refractivity contribution >= 4 is 44.9 Å². The molecule has 1 aromatic carbocycles. The van der Waals surface area contributed by atoms with E-state index in [2.05, 4.69) is 10.3 Å². The first-order valence-electron chi connectivity index (χ1n) is 8.22. The van der Waals surface area contributed by atoms with Gasteiger partial charge in [-0.25, -0.2) is 9.37 Å². The van der Waals surface area contributed by atoms with Crippen molar-refractivity contribution in [2.45, 2.75) is 24.4 Å². The van der Waals surface area contributed by atoms with Crippen LogP contribution in [0.3, 0.4) is 0 Å². The number of halogens is 1. The molecule has 1 aliphatic rings. The molecule has 0 fully saturated rings. The van der Waals surface area contributed by atoms with Crippen molar-refractivity contribution in [3.63, 3.8) is 0 Å². The molecule has 0 radical (unpaired) electrons. The van der Waals surface area contributed by atoms with Gasteiger partial charge in [-0.3, -0.25) is 14.2 Å². The molecule has 8 heteroatoms. The van der Waals surface area contributed by atoms with Crippen molar-refractivity contribution in [3.8, 4) is 0 Å². The third kappa shape index (κ3) is 3.14. The van der Waals surface area contributed by atoms with Crippen LogP contribution >= 0.6 is 23.1 Å². The number of amides is 1. The predicted molar refractivity (Wildman–Crippen MR) is 103 cm³/mol. The molecule has 2 aromatic heterocycles. The lowest BCUT2D eigenvalue weighted by Crippen LogP contribution is -2.21. The van der Waals surface area contributed by atoms with E-state index in [4.69, 9.17) is 0 Å². The van der Waals surface area contributed by atoms with Gasteiger partial charge in [0.05, 0.1) is 11.1 Å². The standard InChI is InChI=1S/C18H16FN3O2S2/c1-22-17(24)15-12-6-3-7-13(12)26-16(15)21-18(22)25-9-14(23)20-11-5-2-4-10(19)8-11/h2,4-5,8H,3,6-7,9H2,1H3,(H,20,23). The Balaban J connectivity index is 1.53. The quantitative estimate of drug-likeness (QED) is 0.549. The Morgan fingerprint density at radius 3 is 3.08 bits per heavy atom. The summed E-state index contributed by atoms with van der Waals surface area (Å²) in [6.45, 7) is 0. The van der Waals surface area contributed by atoms with Gasteiger partial charge >= 0.3 is 0 Å². The van der Waals surface area contributed by atoms with E-state index in [1.165, 1.54) is 39.4 Å². The summed E-state index contributed by atoms with van der Waals surface area (Å²) in [6.07, 6.45) is 3.05. The van der Waals surface area contributed by atoms with Crippen LogP contribution in [-0.4, -0.2) is 21.2 Å². The number of hydrogen-bond acceptors (Lipinski definition) is 5. The van der Waals surface area contributed by atoms with Crippen molar-refractivity contribution in [3.05, 3.63) is 50.9 Å². The summed E-state index contributed by atoms with van der Waals surface area (Å²) >= 11 is 2.78. The second-order valence-corrected chi connectivity index (χ2v) is 8.17. The van der Waals surface area contributed by atoms with Crippen LogP contribution < -0.4 is 10.9 Å². The van der Waals surface area contributed by atoms with Gasteiger partial charge in [-0.15, -0.1) is 11.3 Å². The second-order valence-electron chi connectivity index (χ2n) is 6.14. The lowest BCUT2D eigenvalue weighted by atomic mass is 10.2. The molecule has 2 heterocycles. The number of carbonyl (C=O) groups excluding carboxylic acids is 1. The summed E-state index contributed by atoms with van der Waals surface area (Å²) in [5.74, 6) is -0.591. The van der Waals surface area contributed by atoms with Crippen molar-refractivity contribution in [1.82, 2.24) is 9.55 Å². The fourth-order valence-corrected chi connectivity index (χ4v) is 5.20. The lowest BCUT2D eigenvalue weighted by Gasteiger charge is -2.08. The van der Waals surface area contributed by atoms with Gasteiger partial charge in [0.15, 0.2) is 5.16 Å². The third-order valence-electron chi connectivity index (χ3n) is 4.35. The number of hydrogen-bond donors (Lipinski definition) is 1. The third-order valence-corrected chi connectivity index (χ3v) is 6.56. The summed E-state index contributed by atoms with van der Waals surface area (Å²) in [5, 5.41) is 3.89. The number of thioether (sulfide) groups is 1. The smallest absolute Gasteiger partial charge is 0.262 e. The van der Waals surface area contributed by atoms with Gasteiger partial charge in [0.25, 0.3) is 5.56 Å². The van der Waals surface area contributed by atoms with Gasteiger partial charge in [-0.1, -0.05) is 17.8 Å². The summed E-state index contributed by atoms with van der Waals surface area (Å²) in [5.41, 5.74) is 1.50. The maximum atomic E-state index is 13.2. The highest BCUT2D eigenvalue weighted by Gasteiger charge is 2.22. The average Bonchev–Trinajstić information content (AvgIpc) is 3.17. The number of thiophene rings is 1. The molecule has 1 aliphatic carbocycles. The van der Waals surface area contributed by atoms with Gasteiger partial charge in [-0.2, -0.15) is 0 Å². The molecule has 1 amide bonds.